The summed E-state index contributed by atoms with van der Waals surface area (Å²) in [7, 11) is 0. The number of morpholine rings is 1. The minimum atomic E-state index is 0.0805. The highest BCUT2D eigenvalue weighted by Crippen LogP contribution is 2.20. The molecular formula is C11H11BrN2O. The van der Waals surface area contributed by atoms with Crippen LogP contribution in [0.3, 0.4) is 0 Å². The largest absolute Gasteiger partial charge is 0.366 e. The van der Waals surface area contributed by atoms with Crippen molar-refractivity contribution < 1.29 is 4.74 Å². The first-order chi connectivity index (χ1) is 7.29. The van der Waals surface area contributed by atoms with E-state index in [1.165, 1.54) is 0 Å². The molecule has 0 radical (unpaired) electrons. The Hall–Kier alpha value is -1.05. The molecule has 0 aliphatic carbocycles. The van der Waals surface area contributed by atoms with Crippen LogP contribution in [-0.4, -0.2) is 24.7 Å². The maximum atomic E-state index is 8.81. The van der Waals surface area contributed by atoms with Crippen LogP contribution < -0.4 is 4.90 Å². The van der Waals surface area contributed by atoms with E-state index in [0.717, 1.165) is 18.8 Å². The lowest BCUT2D eigenvalue weighted by Crippen LogP contribution is -2.39. The summed E-state index contributed by atoms with van der Waals surface area (Å²) < 4.78 is 5.40. The molecule has 0 N–H and O–H groups in total. The van der Waals surface area contributed by atoms with Gasteiger partial charge in [-0.05, 0) is 18.2 Å². The number of rotatable bonds is 1. The number of ether oxygens (including phenoxy) is 1. The Bertz CT molecular complexity index is 388. The predicted molar refractivity (Wildman–Crippen MR) is 62.0 cm³/mol. The van der Waals surface area contributed by atoms with E-state index in [1.807, 2.05) is 24.3 Å². The summed E-state index contributed by atoms with van der Waals surface area (Å²) in [6.45, 7) is 2.40. The summed E-state index contributed by atoms with van der Waals surface area (Å²) >= 11 is 3.43. The third-order valence-corrected chi connectivity index (χ3v) is 2.92. The van der Waals surface area contributed by atoms with Crippen molar-refractivity contribution in [3.05, 3.63) is 29.8 Å². The van der Waals surface area contributed by atoms with Crippen molar-refractivity contribution in [3.63, 3.8) is 0 Å². The van der Waals surface area contributed by atoms with E-state index in [9.17, 15) is 0 Å². The zero-order valence-electron chi connectivity index (χ0n) is 8.19. The first-order valence-electron chi connectivity index (χ1n) is 4.80. The molecule has 0 amide bonds. The second-order valence-electron chi connectivity index (χ2n) is 3.39. The molecule has 0 bridgehead atoms. The van der Waals surface area contributed by atoms with Crippen molar-refractivity contribution in [1.29, 1.82) is 5.26 Å². The summed E-state index contributed by atoms with van der Waals surface area (Å²) in [5, 5.41) is 8.89. The number of halogens is 1. The molecule has 1 unspecified atom stereocenters. The van der Waals surface area contributed by atoms with Crippen molar-refractivity contribution in [2.45, 2.75) is 5.01 Å². The van der Waals surface area contributed by atoms with Crippen LogP contribution in [0.5, 0.6) is 0 Å². The molecule has 1 saturated heterocycles. The van der Waals surface area contributed by atoms with E-state index in [1.54, 1.807) is 0 Å². The lowest BCUT2D eigenvalue weighted by Gasteiger charge is -2.32. The number of nitriles is 1. The third kappa shape index (κ3) is 2.49. The number of nitrogens with zero attached hydrogens (tertiary/aromatic N) is 2. The van der Waals surface area contributed by atoms with E-state index < -0.39 is 0 Å². The maximum Gasteiger partial charge on any atom is 0.129 e. The topological polar surface area (TPSA) is 36.3 Å². The number of hydrogen-bond donors (Lipinski definition) is 0. The Morgan fingerprint density at radius 2 is 2.40 bits per heavy atom. The zero-order valence-corrected chi connectivity index (χ0v) is 9.77. The summed E-state index contributed by atoms with van der Waals surface area (Å²) in [4.78, 5) is 2.21. The molecule has 1 fully saturated rings. The lowest BCUT2D eigenvalue weighted by molar-refractivity contribution is 0.103. The van der Waals surface area contributed by atoms with Gasteiger partial charge in [0.15, 0.2) is 0 Å². The van der Waals surface area contributed by atoms with Crippen molar-refractivity contribution in [3.8, 4) is 6.07 Å². The molecule has 15 heavy (non-hydrogen) atoms. The van der Waals surface area contributed by atoms with Gasteiger partial charge < -0.3 is 9.64 Å². The van der Waals surface area contributed by atoms with E-state index >= 15 is 0 Å². The van der Waals surface area contributed by atoms with Crippen LogP contribution in [0.15, 0.2) is 24.3 Å². The second-order valence-corrected chi connectivity index (χ2v) is 4.41. The van der Waals surface area contributed by atoms with Gasteiger partial charge in [-0.15, -0.1) is 0 Å². The van der Waals surface area contributed by atoms with Gasteiger partial charge in [-0.3, -0.25) is 0 Å². The van der Waals surface area contributed by atoms with Crippen molar-refractivity contribution in [1.82, 2.24) is 0 Å². The van der Waals surface area contributed by atoms with Gasteiger partial charge in [0.25, 0.3) is 0 Å². The number of benzene rings is 1. The van der Waals surface area contributed by atoms with Crippen LogP contribution in [0.1, 0.15) is 5.56 Å². The maximum absolute atomic E-state index is 8.81. The van der Waals surface area contributed by atoms with E-state index in [4.69, 9.17) is 10.00 Å². The highest BCUT2D eigenvalue weighted by atomic mass is 79.9. The van der Waals surface area contributed by atoms with Gasteiger partial charge >= 0.3 is 0 Å². The van der Waals surface area contributed by atoms with Gasteiger partial charge in [-0.25, -0.2) is 0 Å². The van der Waals surface area contributed by atoms with E-state index in [-0.39, 0.29) is 5.01 Å². The summed E-state index contributed by atoms with van der Waals surface area (Å²) in [5.74, 6) is 0. The van der Waals surface area contributed by atoms with Gasteiger partial charge in [0.1, 0.15) is 5.01 Å². The molecule has 1 aromatic rings. The lowest BCUT2D eigenvalue weighted by atomic mass is 10.2. The molecule has 0 saturated carbocycles. The Morgan fingerprint density at radius 1 is 1.53 bits per heavy atom. The molecule has 2 rings (SSSR count). The number of alkyl halides is 1. The predicted octanol–water partition coefficient (Wildman–Crippen LogP) is 2.12. The smallest absolute Gasteiger partial charge is 0.129 e. The highest BCUT2D eigenvalue weighted by Gasteiger charge is 2.17. The molecule has 1 atom stereocenters. The minimum Gasteiger partial charge on any atom is -0.366 e. The first-order valence-corrected chi connectivity index (χ1v) is 5.72. The van der Waals surface area contributed by atoms with Gasteiger partial charge in [0.2, 0.25) is 0 Å². The molecule has 78 valence electrons. The van der Waals surface area contributed by atoms with Crippen molar-refractivity contribution >= 4 is 21.6 Å². The fourth-order valence-electron chi connectivity index (χ4n) is 1.61. The Morgan fingerprint density at radius 3 is 3.13 bits per heavy atom. The Balaban J connectivity index is 2.18. The molecule has 0 spiro atoms. The molecule has 1 aromatic carbocycles. The number of anilines is 1. The molecule has 3 nitrogen and oxygen atoms in total. The average molecular weight is 267 g/mol. The summed E-state index contributed by atoms with van der Waals surface area (Å²) in [5.41, 5.74) is 1.78. The van der Waals surface area contributed by atoms with Gasteiger partial charge in [-0.2, -0.15) is 5.26 Å². The first kappa shape index (κ1) is 10.5. The SMILES string of the molecule is N#Cc1cccc(N2CCOC(Br)C2)c1. The van der Waals surface area contributed by atoms with E-state index in [0.29, 0.717) is 12.2 Å². The third-order valence-electron chi connectivity index (χ3n) is 2.36. The van der Waals surface area contributed by atoms with Crippen molar-refractivity contribution in [2.24, 2.45) is 0 Å². The normalized spacial score (nSPS) is 21.1. The van der Waals surface area contributed by atoms with Gasteiger partial charge in [-0.1, -0.05) is 22.0 Å². The molecule has 4 heteroatoms. The van der Waals surface area contributed by atoms with Crippen LogP contribution in [0, 0.1) is 11.3 Å². The second kappa shape index (κ2) is 4.65. The van der Waals surface area contributed by atoms with Gasteiger partial charge in [0, 0.05) is 12.2 Å². The fraction of sp³-hybridized carbons (Fsp3) is 0.364. The van der Waals surface area contributed by atoms with Crippen LogP contribution in [-0.2, 0) is 4.74 Å². The molecule has 1 aliphatic heterocycles. The standard InChI is InChI=1S/C11H11BrN2O/c12-11-8-14(4-5-15-11)10-3-1-2-9(6-10)7-13/h1-3,6,11H,4-5,8H2. The van der Waals surface area contributed by atoms with Crippen LogP contribution >= 0.6 is 15.9 Å². The van der Waals surface area contributed by atoms with Crippen molar-refractivity contribution in [2.75, 3.05) is 24.6 Å². The quantitative estimate of drug-likeness (QED) is 0.731. The van der Waals surface area contributed by atoms with Crippen LogP contribution in [0.25, 0.3) is 0 Å². The molecule has 1 aliphatic rings. The summed E-state index contributed by atoms with van der Waals surface area (Å²) in [6.07, 6.45) is 0. The van der Waals surface area contributed by atoms with Crippen LogP contribution in [0.2, 0.25) is 0 Å². The minimum absolute atomic E-state index is 0.0805. The number of hydrogen-bond acceptors (Lipinski definition) is 3. The monoisotopic (exact) mass is 266 g/mol. The van der Waals surface area contributed by atoms with Crippen LogP contribution in [0.4, 0.5) is 5.69 Å². The zero-order chi connectivity index (χ0) is 10.7. The molecule has 1 heterocycles. The average Bonchev–Trinajstić information content (AvgIpc) is 2.29. The summed E-state index contributed by atoms with van der Waals surface area (Å²) in [6, 6.07) is 9.80. The highest BCUT2D eigenvalue weighted by molar-refractivity contribution is 9.09. The van der Waals surface area contributed by atoms with E-state index in [2.05, 4.69) is 26.9 Å². The Labute approximate surface area is 97.4 Å². The van der Waals surface area contributed by atoms with Gasteiger partial charge in [0.05, 0.1) is 24.8 Å². The molecular weight excluding hydrogens is 256 g/mol. The Kier molecular flexibility index (Phi) is 3.24. The fourth-order valence-corrected chi connectivity index (χ4v) is 2.15. The molecule has 0 aromatic heterocycles.